The van der Waals surface area contributed by atoms with Crippen molar-refractivity contribution in [3.05, 3.63) is 69.2 Å². The highest BCUT2D eigenvalue weighted by atomic mass is 79.9. The number of allylic oxidation sites excluding steroid dienone is 1. The highest BCUT2D eigenvalue weighted by molar-refractivity contribution is 9.10. The van der Waals surface area contributed by atoms with Crippen LogP contribution in [0.25, 0.3) is 6.08 Å². The second-order valence-corrected chi connectivity index (χ2v) is 5.41. The Morgan fingerprint density at radius 3 is 2.55 bits per heavy atom. The second kappa shape index (κ2) is 6.73. The lowest BCUT2D eigenvalue weighted by atomic mass is 10.1. The van der Waals surface area contributed by atoms with Crippen LogP contribution in [-0.4, -0.2) is 12.9 Å². The number of benzene rings is 2. The van der Waals surface area contributed by atoms with Crippen LogP contribution in [0.3, 0.4) is 0 Å². The summed E-state index contributed by atoms with van der Waals surface area (Å²) in [5, 5.41) is 0.575. The summed E-state index contributed by atoms with van der Waals surface area (Å²) in [7, 11) is 1.59. The van der Waals surface area contributed by atoms with E-state index in [0.717, 1.165) is 10.0 Å². The van der Waals surface area contributed by atoms with E-state index in [1.54, 1.807) is 43.5 Å². The summed E-state index contributed by atoms with van der Waals surface area (Å²) >= 11 is 9.41. The first-order chi connectivity index (χ1) is 9.60. The predicted octanol–water partition coefficient (Wildman–Crippen LogP) is 5.01. The average Bonchev–Trinajstić information content (AvgIpc) is 2.47. The number of ketones is 1. The number of methoxy groups -OCH3 is 1. The van der Waals surface area contributed by atoms with Crippen LogP contribution in [0.5, 0.6) is 5.75 Å². The van der Waals surface area contributed by atoms with Gasteiger partial charge in [0.25, 0.3) is 0 Å². The zero-order chi connectivity index (χ0) is 14.5. The lowest BCUT2D eigenvalue weighted by Gasteiger charge is -2.03. The van der Waals surface area contributed by atoms with Crippen molar-refractivity contribution >= 4 is 39.4 Å². The summed E-state index contributed by atoms with van der Waals surface area (Å²) < 4.78 is 6.07. The van der Waals surface area contributed by atoms with Crippen LogP contribution in [0.15, 0.2) is 53.0 Å². The van der Waals surface area contributed by atoms with Crippen LogP contribution in [0.1, 0.15) is 15.9 Å². The number of hydrogen-bond donors (Lipinski definition) is 0. The van der Waals surface area contributed by atoms with Gasteiger partial charge >= 0.3 is 0 Å². The predicted molar refractivity (Wildman–Crippen MR) is 85.5 cm³/mol. The monoisotopic (exact) mass is 350 g/mol. The van der Waals surface area contributed by atoms with Gasteiger partial charge in [0, 0.05) is 15.1 Å². The molecule has 2 nitrogen and oxygen atoms in total. The molecule has 0 aromatic heterocycles. The fourth-order valence-electron chi connectivity index (χ4n) is 1.65. The SMILES string of the molecule is COc1ccc(Cl)c(/C=C/C(=O)c2ccc(Br)cc2)c1. The van der Waals surface area contributed by atoms with E-state index in [2.05, 4.69) is 15.9 Å². The van der Waals surface area contributed by atoms with Crippen molar-refractivity contribution in [1.29, 1.82) is 0 Å². The van der Waals surface area contributed by atoms with Gasteiger partial charge in [0.1, 0.15) is 5.75 Å². The summed E-state index contributed by atoms with van der Waals surface area (Å²) in [6.07, 6.45) is 3.19. The van der Waals surface area contributed by atoms with Crippen LogP contribution in [0.2, 0.25) is 5.02 Å². The van der Waals surface area contributed by atoms with Gasteiger partial charge in [0.05, 0.1) is 7.11 Å². The summed E-state index contributed by atoms with van der Waals surface area (Å²) in [6.45, 7) is 0. The molecule has 0 amide bonds. The van der Waals surface area contributed by atoms with Crippen molar-refractivity contribution in [2.45, 2.75) is 0 Å². The zero-order valence-corrected chi connectivity index (χ0v) is 13.1. The summed E-state index contributed by atoms with van der Waals surface area (Å²) in [4.78, 5) is 12.0. The normalized spacial score (nSPS) is 10.8. The molecule has 0 radical (unpaired) electrons. The molecule has 2 aromatic carbocycles. The Labute approximate surface area is 131 Å². The number of halogens is 2. The lowest BCUT2D eigenvalue weighted by molar-refractivity contribution is 0.104. The topological polar surface area (TPSA) is 26.3 Å². The third-order valence-electron chi connectivity index (χ3n) is 2.75. The van der Waals surface area contributed by atoms with Gasteiger partial charge in [-0.3, -0.25) is 4.79 Å². The molecule has 0 unspecified atom stereocenters. The molecule has 0 heterocycles. The number of hydrogen-bond acceptors (Lipinski definition) is 2. The summed E-state index contributed by atoms with van der Waals surface area (Å²) in [5.74, 6) is 0.626. The van der Waals surface area contributed by atoms with Crippen molar-refractivity contribution in [3.63, 3.8) is 0 Å². The molecular formula is C16H12BrClO2. The largest absolute Gasteiger partial charge is 0.497 e. The van der Waals surface area contributed by atoms with Crippen LogP contribution in [0.4, 0.5) is 0 Å². The minimum absolute atomic E-state index is 0.0728. The molecule has 0 aliphatic carbocycles. The Kier molecular flexibility index (Phi) is 4.99. The van der Waals surface area contributed by atoms with E-state index in [0.29, 0.717) is 16.3 Å². The molecule has 0 aliphatic heterocycles. The smallest absolute Gasteiger partial charge is 0.185 e. The number of carbonyl (C=O) groups is 1. The van der Waals surface area contributed by atoms with Crippen LogP contribution in [-0.2, 0) is 0 Å². The molecule has 4 heteroatoms. The Balaban J connectivity index is 2.20. The zero-order valence-electron chi connectivity index (χ0n) is 10.8. The van der Waals surface area contributed by atoms with Crippen LogP contribution in [0, 0.1) is 0 Å². The third-order valence-corrected chi connectivity index (χ3v) is 3.62. The third kappa shape index (κ3) is 3.71. The average molecular weight is 352 g/mol. The van der Waals surface area contributed by atoms with Crippen molar-refractivity contribution in [2.24, 2.45) is 0 Å². The quantitative estimate of drug-likeness (QED) is 0.572. The van der Waals surface area contributed by atoms with Crippen molar-refractivity contribution < 1.29 is 9.53 Å². The maximum atomic E-state index is 12.0. The Morgan fingerprint density at radius 1 is 1.20 bits per heavy atom. The van der Waals surface area contributed by atoms with E-state index in [4.69, 9.17) is 16.3 Å². The summed E-state index contributed by atoms with van der Waals surface area (Å²) in [5.41, 5.74) is 1.37. The molecule has 0 saturated heterocycles. The molecule has 0 fully saturated rings. The number of rotatable bonds is 4. The van der Waals surface area contributed by atoms with Gasteiger partial charge in [-0.2, -0.15) is 0 Å². The Morgan fingerprint density at radius 2 is 1.90 bits per heavy atom. The highest BCUT2D eigenvalue weighted by Crippen LogP contribution is 2.23. The molecule has 2 aromatic rings. The maximum absolute atomic E-state index is 12.0. The van der Waals surface area contributed by atoms with E-state index in [1.165, 1.54) is 6.08 Å². The van der Waals surface area contributed by atoms with Gasteiger partial charge in [-0.05, 0) is 60.2 Å². The van der Waals surface area contributed by atoms with E-state index < -0.39 is 0 Å². The number of carbonyl (C=O) groups excluding carboxylic acids is 1. The molecular weight excluding hydrogens is 340 g/mol. The molecule has 0 aliphatic rings. The van der Waals surface area contributed by atoms with E-state index in [1.807, 2.05) is 12.1 Å². The van der Waals surface area contributed by atoms with Crippen LogP contribution < -0.4 is 4.74 Å². The first-order valence-corrected chi connectivity index (χ1v) is 7.09. The van der Waals surface area contributed by atoms with Gasteiger partial charge in [0.2, 0.25) is 0 Å². The standard InChI is InChI=1S/C16H12BrClO2/c1-20-14-7-8-15(18)12(10-14)4-9-16(19)11-2-5-13(17)6-3-11/h2-10H,1H3/b9-4+. The molecule has 2 rings (SSSR count). The minimum atomic E-state index is -0.0728. The van der Waals surface area contributed by atoms with Crippen molar-refractivity contribution in [3.8, 4) is 5.75 Å². The fraction of sp³-hybridized carbons (Fsp3) is 0.0625. The lowest BCUT2D eigenvalue weighted by Crippen LogP contribution is -1.93. The Hall–Kier alpha value is -1.58. The second-order valence-electron chi connectivity index (χ2n) is 4.09. The van der Waals surface area contributed by atoms with Crippen molar-refractivity contribution in [1.82, 2.24) is 0 Å². The van der Waals surface area contributed by atoms with Gasteiger partial charge in [-0.15, -0.1) is 0 Å². The first-order valence-electron chi connectivity index (χ1n) is 5.91. The molecule has 0 saturated carbocycles. The van der Waals surface area contributed by atoms with Gasteiger partial charge < -0.3 is 4.74 Å². The fourth-order valence-corrected chi connectivity index (χ4v) is 2.10. The van der Waals surface area contributed by atoms with E-state index >= 15 is 0 Å². The molecule has 0 atom stereocenters. The first kappa shape index (κ1) is 14.8. The molecule has 102 valence electrons. The number of ether oxygens (including phenoxy) is 1. The minimum Gasteiger partial charge on any atom is -0.497 e. The highest BCUT2D eigenvalue weighted by Gasteiger charge is 2.03. The molecule has 0 spiro atoms. The molecule has 20 heavy (non-hydrogen) atoms. The van der Waals surface area contributed by atoms with Gasteiger partial charge in [-0.1, -0.05) is 27.5 Å². The summed E-state index contributed by atoms with van der Waals surface area (Å²) in [6, 6.07) is 12.5. The van der Waals surface area contributed by atoms with E-state index in [9.17, 15) is 4.79 Å². The van der Waals surface area contributed by atoms with Gasteiger partial charge in [0.15, 0.2) is 5.78 Å². The van der Waals surface area contributed by atoms with Gasteiger partial charge in [-0.25, -0.2) is 0 Å². The molecule has 0 bridgehead atoms. The van der Waals surface area contributed by atoms with Crippen LogP contribution >= 0.6 is 27.5 Å². The molecule has 0 N–H and O–H groups in total. The maximum Gasteiger partial charge on any atom is 0.185 e. The Bertz CT molecular complexity index is 648. The van der Waals surface area contributed by atoms with Crippen molar-refractivity contribution in [2.75, 3.05) is 7.11 Å². The van der Waals surface area contributed by atoms with E-state index in [-0.39, 0.29) is 5.78 Å².